The Kier molecular flexibility index (Phi) is 12.5. The molecule has 2 aliphatic rings. The molecule has 1 aliphatic heterocycles. The molecule has 1 aromatic carbocycles. The van der Waals surface area contributed by atoms with Crippen molar-refractivity contribution in [3.63, 3.8) is 0 Å². The van der Waals surface area contributed by atoms with E-state index in [9.17, 15) is 9.59 Å². The minimum absolute atomic E-state index is 0.0119. The Morgan fingerprint density at radius 1 is 1.11 bits per heavy atom. The molecule has 9 nitrogen and oxygen atoms in total. The Bertz CT molecular complexity index is 880. The monoisotopic (exact) mass is 533 g/mol. The van der Waals surface area contributed by atoms with E-state index in [1.54, 1.807) is 7.11 Å². The molecule has 2 amide bonds. The van der Waals surface area contributed by atoms with Crippen LogP contribution in [0.3, 0.4) is 0 Å². The van der Waals surface area contributed by atoms with Crippen LogP contribution in [0, 0.1) is 0 Å². The first-order valence-corrected chi connectivity index (χ1v) is 14.3. The van der Waals surface area contributed by atoms with Gasteiger partial charge >= 0.3 is 12.0 Å². The molecule has 0 bridgehead atoms. The Morgan fingerprint density at radius 2 is 1.92 bits per heavy atom. The van der Waals surface area contributed by atoms with Gasteiger partial charge in [-0.1, -0.05) is 25.8 Å². The first kappa shape index (κ1) is 30.0. The third-order valence-corrected chi connectivity index (χ3v) is 7.08. The third-order valence-electron chi connectivity index (χ3n) is 7.08. The Labute approximate surface area is 227 Å². The molecule has 1 saturated carbocycles. The maximum atomic E-state index is 11.9. The van der Waals surface area contributed by atoms with Gasteiger partial charge < -0.3 is 29.6 Å². The number of rotatable bonds is 14. The summed E-state index contributed by atoms with van der Waals surface area (Å²) in [7, 11) is 1.63. The zero-order chi connectivity index (χ0) is 27.3. The number of esters is 1. The molecule has 1 aliphatic carbocycles. The van der Waals surface area contributed by atoms with Crippen LogP contribution >= 0.6 is 0 Å². The summed E-state index contributed by atoms with van der Waals surface area (Å²) < 4.78 is 23.5. The Morgan fingerprint density at radius 3 is 2.68 bits per heavy atom. The fourth-order valence-corrected chi connectivity index (χ4v) is 5.24. The van der Waals surface area contributed by atoms with Crippen LogP contribution in [-0.4, -0.2) is 81.1 Å². The second kappa shape index (κ2) is 15.8. The highest BCUT2D eigenvalue weighted by Crippen LogP contribution is 2.30. The summed E-state index contributed by atoms with van der Waals surface area (Å²) in [5.41, 5.74) is 1.13. The van der Waals surface area contributed by atoms with Gasteiger partial charge in [-0.3, -0.25) is 9.69 Å². The lowest BCUT2D eigenvalue weighted by atomic mass is 9.91. The fourth-order valence-electron chi connectivity index (χ4n) is 5.24. The Hall–Kier alpha value is -2.52. The Balaban J connectivity index is 1.43. The van der Waals surface area contributed by atoms with E-state index in [1.165, 1.54) is 12.8 Å². The maximum Gasteiger partial charge on any atom is 0.315 e. The molecule has 1 saturated heterocycles. The number of likely N-dealkylation sites (tertiary alicyclic amines) is 1. The first-order chi connectivity index (χ1) is 18.4. The number of ether oxygens (including phenoxy) is 4. The molecule has 3 rings (SSSR count). The van der Waals surface area contributed by atoms with Gasteiger partial charge in [0.2, 0.25) is 0 Å². The smallest absolute Gasteiger partial charge is 0.315 e. The van der Waals surface area contributed by atoms with Crippen LogP contribution in [0.5, 0.6) is 11.5 Å². The highest BCUT2D eigenvalue weighted by molar-refractivity contribution is 5.74. The van der Waals surface area contributed by atoms with Crippen molar-refractivity contribution in [1.82, 2.24) is 15.5 Å². The molecule has 2 fully saturated rings. The summed E-state index contributed by atoms with van der Waals surface area (Å²) in [5.74, 6) is 1.25. The zero-order valence-corrected chi connectivity index (χ0v) is 23.6. The lowest BCUT2D eigenvalue weighted by Gasteiger charge is -2.37. The molecule has 9 heteroatoms. The number of nitrogens with one attached hydrogen (secondary N) is 2. The van der Waals surface area contributed by atoms with Crippen LogP contribution in [-0.2, 0) is 20.7 Å². The molecule has 0 aromatic heterocycles. The van der Waals surface area contributed by atoms with Crippen LogP contribution in [0.2, 0.25) is 0 Å². The molecule has 1 heterocycles. The topological polar surface area (TPSA) is 98.4 Å². The SMILES string of the molecule is CCCC(=O)O[C@@H]1CCN(C2CCCCC2OCCc2ccc(OCCNC(=O)NC(C)C)c(OC)c2)C1. The number of urea groups is 1. The van der Waals surface area contributed by atoms with Crippen molar-refractivity contribution in [3.05, 3.63) is 23.8 Å². The first-order valence-electron chi connectivity index (χ1n) is 14.3. The fraction of sp³-hybridized carbons (Fsp3) is 0.724. The summed E-state index contributed by atoms with van der Waals surface area (Å²) in [4.78, 5) is 26.1. The van der Waals surface area contributed by atoms with Gasteiger partial charge in [-0.15, -0.1) is 0 Å². The largest absolute Gasteiger partial charge is 0.493 e. The average molecular weight is 534 g/mol. The quantitative estimate of drug-likeness (QED) is 0.275. The van der Waals surface area contributed by atoms with E-state index in [2.05, 4.69) is 15.5 Å². The van der Waals surface area contributed by atoms with Crippen molar-refractivity contribution in [2.24, 2.45) is 0 Å². The minimum Gasteiger partial charge on any atom is -0.493 e. The van der Waals surface area contributed by atoms with Gasteiger partial charge in [-0.05, 0) is 63.6 Å². The zero-order valence-electron chi connectivity index (χ0n) is 23.6. The molecule has 214 valence electrons. The van der Waals surface area contributed by atoms with Crippen LogP contribution in [0.15, 0.2) is 18.2 Å². The molecule has 0 radical (unpaired) electrons. The van der Waals surface area contributed by atoms with Crippen LogP contribution < -0.4 is 20.1 Å². The van der Waals surface area contributed by atoms with E-state index in [0.717, 1.165) is 50.8 Å². The molecular weight excluding hydrogens is 486 g/mol. The van der Waals surface area contributed by atoms with E-state index < -0.39 is 0 Å². The minimum atomic E-state index is -0.203. The molecule has 3 atom stereocenters. The summed E-state index contributed by atoms with van der Waals surface area (Å²) in [5, 5.41) is 5.56. The molecule has 38 heavy (non-hydrogen) atoms. The van der Waals surface area contributed by atoms with Gasteiger partial charge in [0.1, 0.15) is 12.7 Å². The van der Waals surface area contributed by atoms with Gasteiger partial charge in [0, 0.05) is 31.6 Å². The number of methoxy groups -OCH3 is 1. The summed E-state index contributed by atoms with van der Waals surface area (Å²) in [6.45, 7) is 9.00. The second-order valence-corrected chi connectivity index (χ2v) is 10.5. The van der Waals surface area contributed by atoms with Gasteiger partial charge in [0.25, 0.3) is 0 Å². The van der Waals surface area contributed by atoms with Crippen molar-refractivity contribution in [2.75, 3.05) is 40.0 Å². The van der Waals surface area contributed by atoms with E-state index in [-0.39, 0.29) is 30.3 Å². The van der Waals surface area contributed by atoms with Crippen molar-refractivity contribution in [2.45, 2.75) is 96.4 Å². The number of carbonyl (C=O) groups is 2. The lowest BCUT2D eigenvalue weighted by Crippen LogP contribution is -2.46. The van der Waals surface area contributed by atoms with Gasteiger partial charge in [0.15, 0.2) is 11.5 Å². The normalized spacial score (nSPS) is 21.8. The second-order valence-electron chi connectivity index (χ2n) is 10.5. The number of nitrogens with zero attached hydrogens (tertiary/aromatic N) is 1. The summed E-state index contributed by atoms with van der Waals surface area (Å²) >= 11 is 0. The summed E-state index contributed by atoms with van der Waals surface area (Å²) in [6, 6.07) is 6.22. The van der Waals surface area contributed by atoms with E-state index >= 15 is 0 Å². The van der Waals surface area contributed by atoms with Gasteiger partial charge in [-0.25, -0.2) is 4.79 Å². The van der Waals surface area contributed by atoms with Crippen molar-refractivity contribution in [1.29, 1.82) is 0 Å². The average Bonchev–Trinajstić information content (AvgIpc) is 3.35. The predicted molar refractivity (Wildman–Crippen MR) is 147 cm³/mol. The number of hydrogen-bond donors (Lipinski definition) is 2. The van der Waals surface area contributed by atoms with Crippen LogP contribution in [0.1, 0.15) is 71.3 Å². The predicted octanol–water partition coefficient (Wildman–Crippen LogP) is 4.07. The van der Waals surface area contributed by atoms with E-state index in [4.69, 9.17) is 18.9 Å². The van der Waals surface area contributed by atoms with Gasteiger partial charge in [-0.2, -0.15) is 0 Å². The standard InChI is InChI=1S/C29H47N3O6/c1-5-8-28(33)38-23-13-16-32(20-23)24-9-6-7-10-25(24)36-17-14-22-11-12-26(27(19-22)35-4)37-18-15-30-29(34)31-21(2)3/h11-12,19,21,23-25H,5-10,13-18,20H2,1-4H3,(H2,30,31,34)/t23-,24?,25?/m1/s1. The van der Waals surface area contributed by atoms with Gasteiger partial charge in [0.05, 0.1) is 26.4 Å². The highest BCUT2D eigenvalue weighted by Gasteiger charge is 2.36. The molecule has 2 N–H and O–H groups in total. The lowest BCUT2D eigenvalue weighted by molar-refractivity contribution is -0.148. The number of hydrogen-bond acceptors (Lipinski definition) is 7. The third kappa shape index (κ3) is 9.66. The van der Waals surface area contributed by atoms with Crippen LogP contribution in [0.25, 0.3) is 0 Å². The maximum absolute atomic E-state index is 11.9. The number of carbonyl (C=O) groups excluding carboxylic acids is 2. The van der Waals surface area contributed by atoms with E-state index in [0.29, 0.717) is 43.7 Å². The van der Waals surface area contributed by atoms with Crippen molar-refractivity contribution < 1.29 is 28.5 Å². The molecule has 0 spiro atoms. The summed E-state index contributed by atoms with van der Waals surface area (Å²) in [6.07, 6.45) is 7.85. The molecular formula is C29H47N3O6. The van der Waals surface area contributed by atoms with E-state index in [1.807, 2.05) is 39.0 Å². The highest BCUT2D eigenvalue weighted by atomic mass is 16.5. The molecule has 1 aromatic rings. The van der Waals surface area contributed by atoms with Crippen molar-refractivity contribution in [3.8, 4) is 11.5 Å². The number of amides is 2. The van der Waals surface area contributed by atoms with Crippen LogP contribution in [0.4, 0.5) is 4.79 Å². The molecule has 2 unspecified atom stereocenters. The number of benzene rings is 1. The van der Waals surface area contributed by atoms with Crippen molar-refractivity contribution >= 4 is 12.0 Å².